The molecule has 1 amide bonds. The Morgan fingerprint density at radius 2 is 2.33 bits per heavy atom. The van der Waals surface area contributed by atoms with Crippen LogP contribution in [0.15, 0.2) is 30.7 Å². The third-order valence-corrected chi connectivity index (χ3v) is 2.61. The van der Waals surface area contributed by atoms with Gasteiger partial charge < -0.3 is 9.88 Å². The van der Waals surface area contributed by atoms with Gasteiger partial charge in [0.05, 0.1) is 28.7 Å². The maximum Gasteiger partial charge on any atom is 0.275 e. The highest BCUT2D eigenvalue weighted by molar-refractivity contribution is 6.33. The molecule has 6 heteroatoms. The smallest absolute Gasteiger partial charge is 0.275 e. The second kappa shape index (κ2) is 4.90. The van der Waals surface area contributed by atoms with Gasteiger partial charge in [-0.3, -0.25) is 4.79 Å². The summed E-state index contributed by atoms with van der Waals surface area (Å²) in [4.78, 5) is 15.8. The van der Waals surface area contributed by atoms with Crippen LogP contribution in [0.25, 0.3) is 0 Å². The van der Waals surface area contributed by atoms with Crippen molar-refractivity contribution in [3.8, 4) is 6.07 Å². The number of amides is 1. The molecule has 0 bridgehead atoms. The molecule has 1 aromatic heterocycles. The lowest BCUT2D eigenvalue weighted by atomic mass is 10.2. The fourth-order valence-corrected chi connectivity index (χ4v) is 1.57. The summed E-state index contributed by atoms with van der Waals surface area (Å²) in [7, 11) is 1.77. The lowest BCUT2D eigenvalue weighted by Gasteiger charge is -2.05. The summed E-state index contributed by atoms with van der Waals surface area (Å²) >= 11 is 5.94. The van der Waals surface area contributed by atoms with E-state index in [1.807, 2.05) is 6.07 Å². The van der Waals surface area contributed by atoms with Crippen LogP contribution in [-0.2, 0) is 7.05 Å². The standard InChI is InChI=1S/C12H9ClN4O/c1-17-6-11(15-7-17)12(18)16-10-4-8(5-14)2-3-9(10)13/h2-4,6-7H,1H3,(H,16,18). The van der Waals surface area contributed by atoms with Crippen LogP contribution >= 0.6 is 11.6 Å². The van der Waals surface area contributed by atoms with E-state index in [0.717, 1.165) is 0 Å². The number of hydrogen-bond donors (Lipinski definition) is 1. The van der Waals surface area contributed by atoms with Crippen LogP contribution in [0.2, 0.25) is 5.02 Å². The second-order valence-electron chi connectivity index (χ2n) is 3.68. The average molecular weight is 261 g/mol. The highest BCUT2D eigenvalue weighted by atomic mass is 35.5. The monoisotopic (exact) mass is 260 g/mol. The van der Waals surface area contributed by atoms with E-state index in [9.17, 15) is 4.79 Å². The fraction of sp³-hybridized carbons (Fsp3) is 0.0833. The topological polar surface area (TPSA) is 70.7 Å². The van der Waals surface area contributed by atoms with Crippen LogP contribution in [0, 0.1) is 11.3 Å². The predicted octanol–water partition coefficient (Wildman–Crippen LogP) is 2.20. The normalized spacial score (nSPS) is 9.83. The Kier molecular flexibility index (Phi) is 3.31. The largest absolute Gasteiger partial charge is 0.340 e. The maximum absolute atomic E-state index is 11.9. The van der Waals surface area contributed by atoms with Gasteiger partial charge in [-0.05, 0) is 18.2 Å². The molecule has 18 heavy (non-hydrogen) atoms. The molecule has 0 atom stereocenters. The molecule has 2 aromatic rings. The van der Waals surface area contributed by atoms with Gasteiger partial charge in [-0.15, -0.1) is 0 Å². The Labute approximate surface area is 109 Å². The molecule has 0 spiro atoms. The predicted molar refractivity (Wildman–Crippen MR) is 67.3 cm³/mol. The maximum atomic E-state index is 11.9. The molecule has 0 aliphatic carbocycles. The van der Waals surface area contributed by atoms with Crippen molar-refractivity contribution in [3.05, 3.63) is 47.0 Å². The molecule has 0 aliphatic heterocycles. The first kappa shape index (κ1) is 12.1. The molecular formula is C12H9ClN4O. The molecular weight excluding hydrogens is 252 g/mol. The zero-order chi connectivity index (χ0) is 13.1. The van der Waals surface area contributed by atoms with Crippen molar-refractivity contribution in [2.24, 2.45) is 7.05 Å². The van der Waals surface area contributed by atoms with Crippen LogP contribution < -0.4 is 5.32 Å². The van der Waals surface area contributed by atoms with Gasteiger partial charge in [0.2, 0.25) is 0 Å². The third-order valence-electron chi connectivity index (χ3n) is 2.28. The number of rotatable bonds is 2. The van der Waals surface area contributed by atoms with Crippen LogP contribution in [0.1, 0.15) is 16.1 Å². The van der Waals surface area contributed by atoms with Gasteiger partial charge >= 0.3 is 0 Å². The molecule has 1 heterocycles. The van der Waals surface area contributed by atoms with Gasteiger partial charge in [0, 0.05) is 13.2 Å². The average Bonchev–Trinajstić information content (AvgIpc) is 2.79. The van der Waals surface area contributed by atoms with Crippen molar-refractivity contribution in [2.75, 3.05) is 5.32 Å². The van der Waals surface area contributed by atoms with Crippen LogP contribution in [-0.4, -0.2) is 15.5 Å². The zero-order valence-corrected chi connectivity index (χ0v) is 10.3. The molecule has 0 radical (unpaired) electrons. The van der Waals surface area contributed by atoms with E-state index < -0.39 is 0 Å². The Morgan fingerprint density at radius 3 is 2.94 bits per heavy atom. The summed E-state index contributed by atoms with van der Waals surface area (Å²) in [5, 5.41) is 11.8. The number of halogens is 1. The van der Waals surface area contributed by atoms with Crippen molar-refractivity contribution in [3.63, 3.8) is 0 Å². The van der Waals surface area contributed by atoms with E-state index in [1.165, 1.54) is 12.4 Å². The lowest BCUT2D eigenvalue weighted by Crippen LogP contribution is -2.12. The quantitative estimate of drug-likeness (QED) is 0.900. The molecule has 5 nitrogen and oxygen atoms in total. The van der Waals surface area contributed by atoms with Gasteiger partial charge in [-0.1, -0.05) is 11.6 Å². The van der Waals surface area contributed by atoms with Gasteiger partial charge in [-0.2, -0.15) is 5.26 Å². The summed E-state index contributed by atoms with van der Waals surface area (Å²) in [6, 6.07) is 6.64. The minimum absolute atomic E-state index is 0.288. The first-order valence-corrected chi connectivity index (χ1v) is 5.47. The number of carbonyl (C=O) groups is 1. The van der Waals surface area contributed by atoms with Crippen LogP contribution in [0.3, 0.4) is 0 Å². The number of nitriles is 1. The van der Waals surface area contributed by atoms with Gasteiger partial charge in [0.15, 0.2) is 0 Å². The number of nitrogens with one attached hydrogen (secondary N) is 1. The second-order valence-corrected chi connectivity index (χ2v) is 4.09. The number of aryl methyl sites for hydroxylation is 1. The van der Waals surface area contributed by atoms with E-state index in [0.29, 0.717) is 16.3 Å². The molecule has 1 aromatic carbocycles. The molecule has 0 aliphatic rings. The Balaban J connectivity index is 2.24. The van der Waals surface area contributed by atoms with Crippen molar-refractivity contribution in [2.45, 2.75) is 0 Å². The van der Waals surface area contributed by atoms with Gasteiger partial charge in [0.1, 0.15) is 5.69 Å². The summed E-state index contributed by atoms with van der Waals surface area (Å²) < 4.78 is 1.67. The lowest BCUT2D eigenvalue weighted by molar-refractivity contribution is 0.102. The number of imidazole rings is 1. The van der Waals surface area contributed by atoms with E-state index in [1.54, 1.807) is 29.9 Å². The van der Waals surface area contributed by atoms with Crippen molar-refractivity contribution >= 4 is 23.2 Å². The van der Waals surface area contributed by atoms with Crippen LogP contribution in [0.4, 0.5) is 5.69 Å². The first-order valence-electron chi connectivity index (χ1n) is 5.09. The highest BCUT2D eigenvalue weighted by Gasteiger charge is 2.11. The minimum atomic E-state index is -0.368. The van der Waals surface area contributed by atoms with Gasteiger partial charge in [0.25, 0.3) is 5.91 Å². The third kappa shape index (κ3) is 2.50. The van der Waals surface area contributed by atoms with E-state index in [4.69, 9.17) is 16.9 Å². The Hall–Kier alpha value is -2.32. The summed E-state index contributed by atoms with van der Waals surface area (Å²) in [6.07, 6.45) is 3.12. The van der Waals surface area contributed by atoms with Crippen molar-refractivity contribution in [1.82, 2.24) is 9.55 Å². The zero-order valence-electron chi connectivity index (χ0n) is 9.51. The van der Waals surface area contributed by atoms with E-state index in [2.05, 4.69) is 10.3 Å². The highest BCUT2D eigenvalue weighted by Crippen LogP contribution is 2.23. The molecule has 1 N–H and O–H groups in total. The van der Waals surface area contributed by atoms with Crippen LogP contribution in [0.5, 0.6) is 0 Å². The first-order chi connectivity index (χ1) is 8.60. The Bertz CT molecular complexity index is 642. The molecule has 90 valence electrons. The number of carbonyl (C=O) groups excluding carboxylic acids is 1. The van der Waals surface area contributed by atoms with Gasteiger partial charge in [-0.25, -0.2) is 4.98 Å². The summed E-state index contributed by atoms with van der Waals surface area (Å²) in [6.45, 7) is 0. The Morgan fingerprint density at radius 1 is 1.56 bits per heavy atom. The molecule has 0 saturated heterocycles. The molecule has 0 saturated carbocycles. The van der Waals surface area contributed by atoms with Crippen molar-refractivity contribution in [1.29, 1.82) is 5.26 Å². The number of benzene rings is 1. The fourth-order valence-electron chi connectivity index (χ4n) is 1.41. The molecule has 2 rings (SSSR count). The molecule has 0 fully saturated rings. The SMILES string of the molecule is Cn1cnc(C(=O)Nc2cc(C#N)ccc2Cl)c1. The van der Waals surface area contributed by atoms with E-state index in [-0.39, 0.29) is 11.6 Å². The number of hydrogen-bond acceptors (Lipinski definition) is 3. The number of aromatic nitrogens is 2. The minimum Gasteiger partial charge on any atom is -0.340 e. The van der Waals surface area contributed by atoms with E-state index >= 15 is 0 Å². The molecule has 0 unspecified atom stereocenters. The summed E-state index contributed by atoms with van der Waals surface area (Å²) in [5.74, 6) is -0.368. The number of nitrogens with zero attached hydrogens (tertiary/aromatic N) is 3. The number of anilines is 1. The summed E-state index contributed by atoms with van der Waals surface area (Å²) in [5.41, 5.74) is 1.11. The van der Waals surface area contributed by atoms with Crippen molar-refractivity contribution < 1.29 is 4.79 Å².